The standard InChI is InChI=1S/C12H28N2/c1-9(2)13-10(3)8-11(4)14-12(5,6)7/h9-11,13-14H,8H2,1-7H3. The molecule has 0 spiro atoms. The lowest BCUT2D eigenvalue weighted by molar-refractivity contribution is 0.329. The highest BCUT2D eigenvalue weighted by molar-refractivity contribution is 4.78. The van der Waals surface area contributed by atoms with Crippen LogP contribution in [0.3, 0.4) is 0 Å². The molecule has 2 nitrogen and oxygen atoms in total. The lowest BCUT2D eigenvalue weighted by Crippen LogP contribution is -2.45. The van der Waals surface area contributed by atoms with E-state index in [1.54, 1.807) is 0 Å². The van der Waals surface area contributed by atoms with E-state index in [0.717, 1.165) is 0 Å². The van der Waals surface area contributed by atoms with Crippen LogP contribution in [0.1, 0.15) is 54.9 Å². The van der Waals surface area contributed by atoms with E-state index in [0.29, 0.717) is 18.1 Å². The summed E-state index contributed by atoms with van der Waals surface area (Å²) in [5, 5.41) is 7.10. The molecule has 0 amide bonds. The second-order valence-electron chi connectivity index (χ2n) is 5.75. The van der Waals surface area contributed by atoms with Crippen LogP contribution in [0.2, 0.25) is 0 Å². The van der Waals surface area contributed by atoms with Crippen LogP contribution < -0.4 is 10.6 Å². The largest absolute Gasteiger partial charge is 0.312 e. The lowest BCUT2D eigenvalue weighted by atomic mass is 10.0. The summed E-state index contributed by atoms with van der Waals surface area (Å²) in [5.74, 6) is 0. The van der Waals surface area contributed by atoms with Crippen molar-refractivity contribution in [3.8, 4) is 0 Å². The van der Waals surface area contributed by atoms with Gasteiger partial charge in [0.15, 0.2) is 0 Å². The van der Waals surface area contributed by atoms with Gasteiger partial charge in [-0.15, -0.1) is 0 Å². The fraction of sp³-hybridized carbons (Fsp3) is 1.00. The molecule has 0 aromatic heterocycles. The molecule has 0 saturated heterocycles. The van der Waals surface area contributed by atoms with E-state index >= 15 is 0 Å². The van der Waals surface area contributed by atoms with Gasteiger partial charge in [0, 0.05) is 23.7 Å². The van der Waals surface area contributed by atoms with Crippen molar-refractivity contribution < 1.29 is 0 Å². The van der Waals surface area contributed by atoms with Gasteiger partial charge in [0.05, 0.1) is 0 Å². The van der Waals surface area contributed by atoms with Gasteiger partial charge in [0.25, 0.3) is 0 Å². The predicted octanol–water partition coefficient (Wildman–Crippen LogP) is 2.54. The van der Waals surface area contributed by atoms with Gasteiger partial charge in [-0.2, -0.15) is 0 Å². The molecule has 2 unspecified atom stereocenters. The van der Waals surface area contributed by atoms with E-state index < -0.39 is 0 Å². The average Bonchev–Trinajstić information content (AvgIpc) is 1.77. The third-order valence-electron chi connectivity index (χ3n) is 2.00. The van der Waals surface area contributed by atoms with Gasteiger partial charge < -0.3 is 10.6 Å². The van der Waals surface area contributed by atoms with Crippen molar-refractivity contribution >= 4 is 0 Å². The van der Waals surface area contributed by atoms with Crippen molar-refractivity contribution in [2.45, 2.75) is 78.6 Å². The fourth-order valence-corrected chi connectivity index (χ4v) is 1.97. The van der Waals surface area contributed by atoms with E-state index in [2.05, 4.69) is 59.1 Å². The average molecular weight is 200 g/mol. The zero-order valence-corrected chi connectivity index (χ0v) is 10.9. The zero-order chi connectivity index (χ0) is 11.4. The van der Waals surface area contributed by atoms with Gasteiger partial charge in [0.2, 0.25) is 0 Å². The van der Waals surface area contributed by atoms with Crippen LogP contribution in [0, 0.1) is 0 Å². The molecule has 86 valence electrons. The third-order valence-corrected chi connectivity index (χ3v) is 2.00. The molecule has 2 heteroatoms. The molecular weight excluding hydrogens is 172 g/mol. The summed E-state index contributed by atoms with van der Waals surface area (Å²) < 4.78 is 0. The second kappa shape index (κ2) is 5.72. The molecule has 2 N–H and O–H groups in total. The Labute approximate surface area is 89.9 Å². The molecule has 0 bridgehead atoms. The maximum absolute atomic E-state index is 3.58. The molecule has 0 aliphatic carbocycles. The summed E-state index contributed by atoms with van der Waals surface area (Å²) >= 11 is 0. The SMILES string of the molecule is CC(C)NC(C)CC(C)NC(C)(C)C. The van der Waals surface area contributed by atoms with Crippen LogP contribution in [0.25, 0.3) is 0 Å². The molecular formula is C12H28N2. The minimum absolute atomic E-state index is 0.219. The van der Waals surface area contributed by atoms with Crippen molar-refractivity contribution in [2.75, 3.05) is 0 Å². The molecule has 0 heterocycles. The molecule has 0 radical (unpaired) electrons. The Balaban J connectivity index is 3.76. The van der Waals surface area contributed by atoms with E-state index in [1.807, 2.05) is 0 Å². The van der Waals surface area contributed by atoms with Crippen LogP contribution in [-0.4, -0.2) is 23.7 Å². The van der Waals surface area contributed by atoms with Gasteiger partial charge in [0.1, 0.15) is 0 Å². The Morgan fingerprint density at radius 3 is 1.79 bits per heavy atom. The Kier molecular flexibility index (Phi) is 5.68. The van der Waals surface area contributed by atoms with Crippen molar-refractivity contribution in [1.82, 2.24) is 10.6 Å². The molecule has 0 aromatic carbocycles. The molecule has 0 aliphatic rings. The smallest absolute Gasteiger partial charge is 0.00989 e. The van der Waals surface area contributed by atoms with E-state index in [4.69, 9.17) is 0 Å². The molecule has 0 aliphatic heterocycles. The van der Waals surface area contributed by atoms with Crippen LogP contribution >= 0.6 is 0 Å². The summed E-state index contributed by atoms with van der Waals surface area (Å²) in [6.45, 7) is 15.5. The Morgan fingerprint density at radius 2 is 1.43 bits per heavy atom. The fourth-order valence-electron chi connectivity index (χ4n) is 1.97. The highest BCUT2D eigenvalue weighted by Crippen LogP contribution is 2.05. The predicted molar refractivity (Wildman–Crippen MR) is 64.7 cm³/mol. The summed E-state index contributed by atoms with van der Waals surface area (Å²) in [6, 6.07) is 1.72. The maximum Gasteiger partial charge on any atom is 0.00989 e. The number of rotatable bonds is 5. The Hall–Kier alpha value is -0.0800. The van der Waals surface area contributed by atoms with Crippen molar-refractivity contribution in [1.29, 1.82) is 0 Å². The summed E-state index contributed by atoms with van der Waals surface area (Å²) in [5.41, 5.74) is 0.219. The van der Waals surface area contributed by atoms with Crippen molar-refractivity contribution in [2.24, 2.45) is 0 Å². The first kappa shape index (κ1) is 13.9. The zero-order valence-electron chi connectivity index (χ0n) is 10.9. The maximum atomic E-state index is 3.58. The molecule has 14 heavy (non-hydrogen) atoms. The van der Waals surface area contributed by atoms with E-state index in [-0.39, 0.29) is 5.54 Å². The normalized spacial score (nSPS) is 17.1. The van der Waals surface area contributed by atoms with Crippen LogP contribution in [0.4, 0.5) is 0 Å². The van der Waals surface area contributed by atoms with Gasteiger partial charge in [-0.05, 0) is 41.0 Å². The molecule has 0 fully saturated rings. The van der Waals surface area contributed by atoms with Gasteiger partial charge in [-0.25, -0.2) is 0 Å². The molecule has 0 saturated carbocycles. The topological polar surface area (TPSA) is 24.1 Å². The van der Waals surface area contributed by atoms with Crippen LogP contribution in [0.5, 0.6) is 0 Å². The number of hydrogen-bond acceptors (Lipinski definition) is 2. The minimum Gasteiger partial charge on any atom is -0.312 e. The summed E-state index contributed by atoms with van der Waals surface area (Å²) in [7, 11) is 0. The van der Waals surface area contributed by atoms with Gasteiger partial charge in [-0.1, -0.05) is 13.8 Å². The van der Waals surface area contributed by atoms with Gasteiger partial charge in [-0.3, -0.25) is 0 Å². The first-order valence-corrected chi connectivity index (χ1v) is 5.74. The minimum atomic E-state index is 0.219. The molecule has 0 aromatic rings. The molecule has 2 atom stereocenters. The highest BCUT2D eigenvalue weighted by atomic mass is 15.0. The van der Waals surface area contributed by atoms with E-state index in [1.165, 1.54) is 6.42 Å². The van der Waals surface area contributed by atoms with E-state index in [9.17, 15) is 0 Å². The van der Waals surface area contributed by atoms with Crippen LogP contribution in [0.15, 0.2) is 0 Å². The van der Waals surface area contributed by atoms with Gasteiger partial charge >= 0.3 is 0 Å². The quantitative estimate of drug-likeness (QED) is 0.712. The molecule has 0 rings (SSSR count). The van der Waals surface area contributed by atoms with Crippen LogP contribution in [-0.2, 0) is 0 Å². The summed E-state index contributed by atoms with van der Waals surface area (Å²) in [6.07, 6.45) is 1.18. The first-order valence-electron chi connectivity index (χ1n) is 5.74. The van der Waals surface area contributed by atoms with Crippen molar-refractivity contribution in [3.05, 3.63) is 0 Å². The Morgan fingerprint density at radius 1 is 0.929 bits per heavy atom. The Bertz CT molecular complexity index is 147. The van der Waals surface area contributed by atoms with Crippen molar-refractivity contribution in [3.63, 3.8) is 0 Å². The summed E-state index contributed by atoms with van der Waals surface area (Å²) in [4.78, 5) is 0. The monoisotopic (exact) mass is 200 g/mol. The second-order valence-corrected chi connectivity index (χ2v) is 5.75. The number of nitrogens with one attached hydrogen (secondary N) is 2. The highest BCUT2D eigenvalue weighted by Gasteiger charge is 2.15. The number of hydrogen-bond donors (Lipinski definition) is 2. The first-order chi connectivity index (χ1) is 6.20. The lowest BCUT2D eigenvalue weighted by Gasteiger charge is -2.28. The third kappa shape index (κ3) is 8.52.